The van der Waals surface area contributed by atoms with Crippen LogP contribution in [0.5, 0.6) is 0 Å². The molecule has 0 aliphatic carbocycles. The summed E-state index contributed by atoms with van der Waals surface area (Å²) >= 11 is 0. The lowest BCUT2D eigenvalue weighted by Gasteiger charge is -1.97. The maximum absolute atomic E-state index is 4.05. The molecule has 5 nitrogen and oxygen atoms in total. The van der Waals surface area contributed by atoms with Gasteiger partial charge in [0.05, 0.1) is 12.2 Å². The molecule has 0 aromatic carbocycles. The molecule has 0 saturated heterocycles. The highest BCUT2D eigenvalue weighted by Crippen LogP contribution is 1.92. The molecule has 0 saturated carbocycles. The second-order valence-corrected chi connectivity index (χ2v) is 2.93. The summed E-state index contributed by atoms with van der Waals surface area (Å²) in [5, 5.41) is 14.2. The number of rotatable bonds is 6. The summed E-state index contributed by atoms with van der Waals surface area (Å²) in [6.07, 6.45) is 2.94. The molecule has 0 aliphatic heterocycles. The van der Waals surface area contributed by atoms with E-state index in [2.05, 4.69) is 20.9 Å². The monoisotopic (exact) mass is 243 g/mol. The van der Waals surface area contributed by atoms with Gasteiger partial charge in [-0.15, -0.1) is 5.10 Å². The van der Waals surface area contributed by atoms with Gasteiger partial charge in [-0.2, -0.15) is 0 Å². The Morgan fingerprint density at radius 2 is 1.65 bits per heavy atom. The smallest absolute Gasteiger partial charge is 0.0839 e. The van der Waals surface area contributed by atoms with E-state index in [1.807, 2.05) is 52.7 Å². The molecule has 17 heavy (non-hydrogen) atoms. The minimum Gasteiger partial charge on any atom is -0.319 e. The van der Waals surface area contributed by atoms with Crippen molar-refractivity contribution in [1.82, 2.24) is 25.6 Å². The van der Waals surface area contributed by atoms with E-state index >= 15 is 0 Å². The molecule has 2 N–H and O–H groups in total. The van der Waals surface area contributed by atoms with Crippen LogP contribution >= 0.6 is 0 Å². The van der Waals surface area contributed by atoms with Crippen molar-refractivity contribution >= 4 is 0 Å². The first-order valence-electron chi connectivity index (χ1n) is 6.55. The van der Waals surface area contributed by atoms with E-state index in [1.165, 1.54) is 0 Å². The zero-order valence-corrected chi connectivity index (χ0v) is 12.2. The van der Waals surface area contributed by atoms with Gasteiger partial charge in [0.2, 0.25) is 0 Å². The van der Waals surface area contributed by atoms with Crippen LogP contribution in [0.4, 0.5) is 0 Å². The summed E-state index contributed by atoms with van der Waals surface area (Å²) in [4.78, 5) is 0. The number of likely N-dealkylation sites (N-methyl/N-ethyl adjacent to an activating group) is 2. The number of nitrogens with zero attached hydrogens (tertiary/aromatic N) is 3. The molecule has 1 heterocycles. The van der Waals surface area contributed by atoms with E-state index in [0.717, 1.165) is 31.7 Å². The van der Waals surface area contributed by atoms with Crippen molar-refractivity contribution in [3.05, 3.63) is 11.9 Å². The highest BCUT2D eigenvalue weighted by Gasteiger charge is 1.98. The fourth-order valence-electron chi connectivity index (χ4n) is 1.04. The molecule has 1 aromatic rings. The van der Waals surface area contributed by atoms with Crippen molar-refractivity contribution in [3.63, 3.8) is 0 Å². The lowest BCUT2D eigenvalue weighted by molar-refractivity contribution is 0.565. The molecule has 0 spiro atoms. The lowest BCUT2D eigenvalue weighted by atomic mass is 10.3. The Morgan fingerprint density at radius 1 is 1.06 bits per heavy atom. The summed E-state index contributed by atoms with van der Waals surface area (Å²) in [6, 6.07) is 0. The van der Waals surface area contributed by atoms with E-state index in [-0.39, 0.29) is 0 Å². The SMILES string of the molecule is CC.CC.CNCCc1cn(CCNC)nn1. The van der Waals surface area contributed by atoms with Crippen LogP contribution in [0.25, 0.3) is 0 Å². The van der Waals surface area contributed by atoms with Crippen molar-refractivity contribution in [2.75, 3.05) is 27.2 Å². The molecule has 102 valence electrons. The predicted molar refractivity (Wildman–Crippen MR) is 74.3 cm³/mol. The van der Waals surface area contributed by atoms with Crippen LogP contribution in [-0.2, 0) is 13.0 Å². The number of aromatic nitrogens is 3. The van der Waals surface area contributed by atoms with Gasteiger partial charge in [0.15, 0.2) is 0 Å². The van der Waals surface area contributed by atoms with Crippen LogP contribution in [-0.4, -0.2) is 42.2 Å². The molecule has 0 bridgehead atoms. The van der Waals surface area contributed by atoms with Crippen molar-refractivity contribution in [3.8, 4) is 0 Å². The Kier molecular flexibility index (Phi) is 16.3. The quantitative estimate of drug-likeness (QED) is 0.791. The van der Waals surface area contributed by atoms with Gasteiger partial charge in [-0.3, -0.25) is 4.68 Å². The largest absolute Gasteiger partial charge is 0.319 e. The van der Waals surface area contributed by atoms with Crippen LogP contribution < -0.4 is 10.6 Å². The first-order valence-corrected chi connectivity index (χ1v) is 6.55. The third-order valence-electron chi connectivity index (χ3n) is 1.81. The Balaban J connectivity index is 0. The van der Waals surface area contributed by atoms with Crippen molar-refractivity contribution in [2.45, 2.75) is 40.7 Å². The van der Waals surface area contributed by atoms with E-state index in [0.29, 0.717) is 0 Å². The minimum absolute atomic E-state index is 0.878. The van der Waals surface area contributed by atoms with Crippen LogP contribution in [0.1, 0.15) is 33.4 Å². The highest BCUT2D eigenvalue weighted by atomic mass is 15.4. The van der Waals surface area contributed by atoms with Crippen LogP contribution in [0.3, 0.4) is 0 Å². The lowest BCUT2D eigenvalue weighted by Crippen LogP contribution is -2.15. The van der Waals surface area contributed by atoms with E-state index in [9.17, 15) is 0 Å². The number of hydrogen-bond donors (Lipinski definition) is 2. The molecule has 5 heteroatoms. The topological polar surface area (TPSA) is 54.8 Å². The maximum Gasteiger partial charge on any atom is 0.0839 e. The Hall–Kier alpha value is -0.940. The van der Waals surface area contributed by atoms with Crippen LogP contribution in [0.2, 0.25) is 0 Å². The fraction of sp³-hybridized carbons (Fsp3) is 0.833. The average molecular weight is 243 g/mol. The van der Waals surface area contributed by atoms with E-state index < -0.39 is 0 Å². The molecule has 0 fully saturated rings. The number of hydrogen-bond acceptors (Lipinski definition) is 4. The predicted octanol–water partition coefficient (Wildman–Crippen LogP) is 1.31. The molecule has 1 rings (SSSR count). The molecule has 0 aliphatic rings. The van der Waals surface area contributed by atoms with E-state index in [1.54, 1.807) is 0 Å². The summed E-state index contributed by atoms with van der Waals surface area (Å²) in [7, 11) is 3.87. The molecule has 0 radical (unpaired) electrons. The molecule has 1 aromatic heterocycles. The van der Waals surface area contributed by atoms with Crippen molar-refractivity contribution in [2.24, 2.45) is 0 Å². The molecular formula is C12H29N5. The van der Waals surface area contributed by atoms with Gasteiger partial charge in [-0.1, -0.05) is 32.9 Å². The summed E-state index contributed by atoms with van der Waals surface area (Å²) in [5.41, 5.74) is 1.05. The Bertz CT molecular complexity index is 212. The zero-order chi connectivity index (χ0) is 13.5. The third-order valence-corrected chi connectivity index (χ3v) is 1.81. The van der Waals surface area contributed by atoms with E-state index in [4.69, 9.17) is 0 Å². The van der Waals surface area contributed by atoms with Gasteiger partial charge in [-0.05, 0) is 14.1 Å². The second kappa shape index (κ2) is 15.1. The molecule has 0 atom stereocenters. The molecule has 0 amide bonds. The minimum atomic E-state index is 0.878. The normalized spacial score (nSPS) is 8.82. The summed E-state index contributed by atoms with van der Waals surface area (Å²) in [5.74, 6) is 0. The standard InChI is InChI=1S/C8H17N5.2C2H6/c1-9-4-3-8-7-13(12-11-8)6-5-10-2;2*1-2/h7,9-10H,3-6H2,1-2H3;2*1-2H3. The zero-order valence-electron chi connectivity index (χ0n) is 12.2. The first kappa shape index (κ1) is 18.4. The highest BCUT2D eigenvalue weighted by molar-refractivity contribution is 4.92. The van der Waals surface area contributed by atoms with Crippen molar-refractivity contribution < 1.29 is 0 Å². The summed E-state index contributed by atoms with van der Waals surface area (Å²) < 4.78 is 1.86. The Labute approximate surface area is 106 Å². The third kappa shape index (κ3) is 9.96. The fourth-order valence-corrected chi connectivity index (χ4v) is 1.04. The average Bonchev–Trinajstić information content (AvgIpc) is 2.86. The van der Waals surface area contributed by atoms with Gasteiger partial charge in [0.25, 0.3) is 0 Å². The molecule has 0 unspecified atom stereocenters. The first-order chi connectivity index (χ1) is 8.36. The van der Waals surface area contributed by atoms with Gasteiger partial charge < -0.3 is 10.6 Å². The van der Waals surface area contributed by atoms with Gasteiger partial charge >= 0.3 is 0 Å². The van der Waals surface area contributed by atoms with Crippen molar-refractivity contribution in [1.29, 1.82) is 0 Å². The molecular weight excluding hydrogens is 214 g/mol. The second-order valence-electron chi connectivity index (χ2n) is 2.93. The maximum atomic E-state index is 4.05. The number of nitrogens with one attached hydrogen (secondary N) is 2. The van der Waals surface area contributed by atoms with Gasteiger partial charge in [0, 0.05) is 25.7 Å². The van der Waals surface area contributed by atoms with Crippen LogP contribution in [0, 0.1) is 0 Å². The Morgan fingerprint density at radius 3 is 2.18 bits per heavy atom. The van der Waals surface area contributed by atoms with Crippen LogP contribution in [0.15, 0.2) is 6.20 Å². The van der Waals surface area contributed by atoms with Gasteiger partial charge in [-0.25, -0.2) is 0 Å². The van der Waals surface area contributed by atoms with Gasteiger partial charge in [0.1, 0.15) is 0 Å². The summed E-state index contributed by atoms with van der Waals surface area (Å²) in [6.45, 7) is 10.8.